The van der Waals surface area contributed by atoms with Gasteiger partial charge in [-0.05, 0) is 39.8 Å². The van der Waals surface area contributed by atoms with E-state index in [1.54, 1.807) is 27.0 Å². The van der Waals surface area contributed by atoms with Crippen LogP contribution in [0.5, 0.6) is 0 Å². The van der Waals surface area contributed by atoms with Crippen molar-refractivity contribution in [3.63, 3.8) is 0 Å². The van der Waals surface area contributed by atoms with E-state index in [9.17, 15) is 9.59 Å². The third-order valence-corrected chi connectivity index (χ3v) is 3.80. The molecule has 2 aromatic heterocycles. The largest absolute Gasteiger partial charge is 0.458 e. The molecule has 0 saturated carbocycles. The first-order valence-electron chi connectivity index (χ1n) is 7.76. The lowest BCUT2D eigenvalue weighted by Crippen LogP contribution is -2.42. The zero-order valence-electron chi connectivity index (χ0n) is 14.6. The first-order chi connectivity index (χ1) is 11.7. The summed E-state index contributed by atoms with van der Waals surface area (Å²) in [4.78, 5) is 32.2. The van der Waals surface area contributed by atoms with Crippen molar-refractivity contribution in [3.05, 3.63) is 35.5 Å². The van der Waals surface area contributed by atoms with Crippen molar-refractivity contribution in [2.24, 2.45) is 0 Å². The van der Waals surface area contributed by atoms with Crippen LogP contribution < -0.4 is 5.32 Å². The van der Waals surface area contributed by atoms with Crippen molar-refractivity contribution >= 4 is 23.4 Å². The van der Waals surface area contributed by atoms with Gasteiger partial charge in [0.25, 0.3) is 0 Å². The standard InChI is InChI=1S/C17H21N3O4S/c1-11(19-16(22)24-17(2,3)4)15(21)23-9-12-10-25-14(20-12)13-7-5-6-8-18-13/h5-8,10-11H,9H2,1-4H3,(H,19,22)/t11-/m1/s1. The van der Waals surface area contributed by atoms with E-state index in [2.05, 4.69) is 15.3 Å². The summed E-state index contributed by atoms with van der Waals surface area (Å²) in [6.45, 7) is 6.81. The number of aromatic nitrogens is 2. The van der Waals surface area contributed by atoms with Gasteiger partial charge in [-0.25, -0.2) is 14.6 Å². The molecule has 2 rings (SSSR count). The summed E-state index contributed by atoms with van der Waals surface area (Å²) in [5, 5.41) is 5.00. The molecule has 0 aliphatic heterocycles. The van der Waals surface area contributed by atoms with E-state index in [0.717, 1.165) is 10.7 Å². The molecule has 0 aromatic carbocycles. The quantitative estimate of drug-likeness (QED) is 0.821. The molecule has 0 saturated heterocycles. The number of carbonyl (C=O) groups excluding carboxylic acids is 2. The van der Waals surface area contributed by atoms with Crippen LogP contribution in [0.25, 0.3) is 10.7 Å². The minimum atomic E-state index is -0.816. The summed E-state index contributed by atoms with van der Waals surface area (Å²) in [6, 6.07) is 4.76. The maximum absolute atomic E-state index is 12.0. The van der Waals surface area contributed by atoms with Gasteiger partial charge in [-0.3, -0.25) is 4.98 Å². The van der Waals surface area contributed by atoms with Gasteiger partial charge in [-0.1, -0.05) is 6.07 Å². The fraction of sp³-hybridized carbons (Fsp3) is 0.412. The summed E-state index contributed by atoms with van der Waals surface area (Å²) < 4.78 is 10.3. The Labute approximate surface area is 150 Å². The van der Waals surface area contributed by atoms with Gasteiger partial charge in [0.2, 0.25) is 0 Å². The molecule has 134 valence electrons. The number of carbonyl (C=O) groups is 2. The van der Waals surface area contributed by atoms with Gasteiger partial charge in [-0.15, -0.1) is 11.3 Å². The van der Waals surface area contributed by atoms with Gasteiger partial charge >= 0.3 is 12.1 Å². The number of nitrogens with zero attached hydrogens (tertiary/aromatic N) is 2. The van der Waals surface area contributed by atoms with Crippen LogP contribution in [0.4, 0.5) is 4.79 Å². The summed E-state index contributed by atoms with van der Waals surface area (Å²) in [5.41, 5.74) is 0.768. The first-order valence-corrected chi connectivity index (χ1v) is 8.64. The molecular formula is C17H21N3O4S. The van der Waals surface area contributed by atoms with Crippen LogP contribution in [0.2, 0.25) is 0 Å². The van der Waals surface area contributed by atoms with Crippen molar-refractivity contribution < 1.29 is 19.1 Å². The van der Waals surface area contributed by atoms with Crippen molar-refractivity contribution in [2.45, 2.75) is 45.9 Å². The Morgan fingerprint density at radius 1 is 1.32 bits per heavy atom. The fourth-order valence-electron chi connectivity index (χ4n) is 1.79. The van der Waals surface area contributed by atoms with Crippen LogP contribution in [-0.2, 0) is 20.9 Å². The monoisotopic (exact) mass is 363 g/mol. The Bertz CT molecular complexity index is 725. The third-order valence-electron chi connectivity index (χ3n) is 2.88. The molecular weight excluding hydrogens is 342 g/mol. The van der Waals surface area contributed by atoms with E-state index in [0.29, 0.717) is 5.69 Å². The second kappa shape index (κ2) is 8.06. The van der Waals surface area contributed by atoms with Crippen molar-refractivity contribution in [1.29, 1.82) is 0 Å². The number of rotatable bonds is 5. The van der Waals surface area contributed by atoms with Crippen LogP contribution in [0.3, 0.4) is 0 Å². The minimum absolute atomic E-state index is 0.0303. The smallest absolute Gasteiger partial charge is 0.408 e. The average Bonchev–Trinajstić information content (AvgIpc) is 3.00. The first kappa shape index (κ1) is 18.9. The van der Waals surface area contributed by atoms with E-state index in [1.807, 2.05) is 23.6 Å². The van der Waals surface area contributed by atoms with E-state index in [1.165, 1.54) is 18.3 Å². The lowest BCUT2D eigenvalue weighted by atomic mass is 10.2. The molecule has 25 heavy (non-hydrogen) atoms. The lowest BCUT2D eigenvalue weighted by molar-refractivity contribution is -0.147. The number of nitrogens with one attached hydrogen (secondary N) is 1. The highest BCUT2D eigenvalue weighted by molar-refractivity contribution is 7.13. The predicted octanol–water partition coefficient (Wildman–Crippen LogP) is 3.16. The predicted molar refractivity (Wildman–Crippen MR) is 94.0 cm³/mol. The molecule has 0 unspecified atom stereocenters. The van der Waals surface area contributed by atoms with E-state index < -0.39 is 23.7 Å². The number of hydrogen-bond donors (Lipinski definition) is 1. The number of amides is 1. The zero-order valence-corrected chi connectivity index (χ0v) is 15.4. The molecule has 2 aromatic rings. The molecule has 0 radical (unpaired) electrons. The lowest BCUT2D eigenvalue weighted by Gasteiger charge is -2.21. The Morgan fingerprint density at radius 2 is 2.08 bits per heavy atom. The number of pyridine rings is 1. The highest BCUT2D eigenvalue weighted by atomic mass is 32.1. The molecule has 0 bridgehead atoms. The van der Waals surface area contributed by atoms with Crippen molar-refractivity contribution in [3.8, 4) is 10.7 Å². The second-order valence-electron chi connectivity index (χ2n) is 6.33. The molecule has 0 spiro atoms. The second-order valence-corrected chi connectivity index (χ2v) is 7.19. The van der Waals surface area contributed by atoms with E-state index >= 15 is 0 Å². The Hall–Kier alpha value is -2.48. The number of thiazole rings is 1. The third kappa shape index (κ3) is 6.15. The topological polar surface area (TPSA) is 90.4 Å². The number of ether oxygens (including phenoxy) is 2. The zero-order chi connectivity index (χ0) is 18.4. The van der Waals surface area contributed by atoms with E-state index in [4.69, 9.17) is 9.47 Å². The maximum Gasteiger partial charge on any atom is 0.408 e. The minimum Gasteiger partial charge on any atom is -0.458 e. The van der Waals surface area contributed by atoms with Crippen molar-refractivity contribution in [2.75, 3.05) is 0 Å². The average molecular weight is 363 g/mol. The highest BCUT2D eigenvalue weighted by Gasteiger charge is 2.22. The Morgan fingerprint density at radius 3 is 2.72 bits per heavy atom. The van der Waals surface area contributed by atoms with Crippen molar-refractivity contribution in [1.82, 2.24) is 15.3 Å². The van der Waals surface area contributed by atoms with Crippen LogP contribution in [0.1, 0.15) is 33.4 Å². The summed E-state index contributed by atoms with van der Waals surface area (Å²) in [7, 11) is 0. The molecule has 2 heterocycles. The molecule has 1 amide bonds. The summed E-state index contributed by atoms with van der Waals surface area (Å²) in [5.74, 6) is -0.557. The van der Waals surface area contributed by atoms with E-state index in [-0.39, 0.29) is 6.61 Å². The van der Waals surface area contributed by atoms with Gasteiger partial charge in [0.15, 0.2) is 0 Å². The molecule has 0 aliphatic carbocycles. The molecule has 1 N–H and O–H groups in total. The number of esters is 1. The molecule has 0 aliphatic rings. The highest BCUT2D eigenvalue weighted by Crippen LogP contribution is 2.21. The van der Waals surface area contributed by atoms with Crippen LogP contribution in [-0.4, -0.2) is 33.7 Å². The molecule has 1 atom stereocenters. The van der Waals surface area contributed by atoms with Gasteiger partial charge < -0.3 is 14.8 Å². The van der Waals surface area contributed by atoms with Crippen LogP contribution >= 0.6 is 11.3 Å². The SMILES string of the molecule is C[C@@H](NC(=O)OC(C)(C)C)C(=O)OCc1csc(-c2ccccn2)n1. The molecule has 7 nitrogen and oxygen atoms in total. The number of hydrogen-bond acceptors (Lipinski definition) is 7. The summed E-state index contributed by atoms with van der Waals surface area (Å²) in [6.07, 6.45) is 1.03. The van der Waals surface area contributed by atoms with Gasteiger partial charge in [0.05, 0.1) is 11.4 Å². The van der Waals surface area contributed by atoms with Gasteiger partial charge in [-0.2, -0.15) is 0 Å². The Kier molecular flexibility index (Phi) is 6.08. The number of alkyl carbamates (subject to hydrolysis) is 1. The summed E-state index contributed by atoms with van der Waals surface area (Å²) >= 11 is 1.43. The van der Waals surface area contributed by atoms with Gasteiger partial charge in [0.1, 0.15) is 23.3 Å². The Balaban J connectivity index is 1.84. The normalized spacial score (nSPS) is 12.3. The molecule has 0 fully saturated rings. The van der Waals surface area contributed by atoms with Crippen LogP contribution in [0, 0.1) is 0 Å². The van der Waals surface area contributed by atoms with Crippen LogP contribution in [0.15, 0.2) is 29.8 Å². The molecule has 8 heteroatoms. The fourth-order valence-corrected chi connectivity index (χ4v) is 2.57. The maximum atomic E-state index is 12.0. The van der Waals surface area contributed by atoms with Gasteiger partial charge in [0, 0.05) is 11.6 Å².